The molecule has 0 heterocycles. The van der Waals surface area contributed by atoms with Crippen molar-refractivity contribution in [1.82, 2.24) is 0 Å². The van der Waals surface area contributed by atoms with Crippen molar-refractivity contribution < 1.29 is 19.5 Å². The molecule has 0 nitrogen and oxygen atoms in total. The molecule has 0 spiro atoms. The predicted octanol–water partition coefficient (Wildman–Crippen LogP) is 3.13. The predicted molar refractivity (Wildman–Crippen MR) is 103 cm³/mol. The van der Waals surface area contributed by atoms with E-state index in [1.807, 2.05) is 0 Å². The Balaban J connectivity index is 0. The van der Waals surface area contributed by atoms with Gasteiger partial charge in [0.1, 0.15) is 0 Å². The second-order valence-corrected chi connectivity index (χ2v) is 7.15. The minimum atomic E-state index is 0. The van der Waals surface area contributed by atoms with Gasteiger partial charge in [0.05, 0.1) is 9.52 Å². The fourth-order valence-electron chi connectivity index (χ4n) is 2.00. The third-order valence-electron chi connectivity index (χ3n) is 2.84. The first-order valence-electron chi connectivity index (χ1n) is 6.18. The molecule has 2 unspecified atom stereocenters. The van der Waals surface area contributed by atoms with Gasteiger partial charge in [-0.05, 0) is 18.1 Å². The van der Waals surface area contributed by atoms with Crippen LogP contribution in [0, 0.1) is 6.92 Å². The van der Waals surface area contributed by atoms with Crippen LogP contribution in [0.15, 0.2) is 48.5 Å². The summed E-state index contributed by atoms with van der Waals surface area (Å²) in [6, 6.07) is 17.7. The number of rotatable bonds is 3. The Hall–Kier alpha value is 0.140. The molecule has 20 heavy (non-hydrogen) atoms. The van der Waals surface area contributed by atoms with E-state index in [0.29, 0.717) is 9.52 Å². The Morgan fingerprint density at radius 3 is 1.95 bits per heavy atom. The standard InChI is InChI=1S/C16H19Si.2H3P.Rh.2H/c1-12(2)17-16-7-5-4-6-15(16)14-10-8-13(3)9-11-14;;;;;/h4-12,17H,1-3H3;2*1H3;;;. The van der Waals surface area contributed by atoms with Gasteiger partial charge in [0.15, 0.2) is 0 Å². The van der Waals surface area contributed by atoms with Crippen LogP contribution in [0.25, 0.3) is 11.1 Å². The molecule has 0 aromatic heterocycles. The van der Waals surface area contributed by atoms with Crippen LogP contribution in [0.4, 0.5) is 0 Å². The molecule has 2 aromatic rings. The number of benzene rings is 2. The summed E-state index contributed by atoms with van der Waals surface area (Å²) in [5.41, 5.74) is 4.86. The minimum absolute atomic E-state index is 0. The normalized spacial score (nSPS) is 9.20. The van der Waals surface area contributed by atoms with E-state index in [4.69, 9.17) is 0 Å². The van der Waals surface area contributed by atoms with Crippen molar-refractivity contribution in [2.24, 2.45) is 0 Å². The Bertz CT molecular complexity index is 498. The summed E-state index contributed by atoms with van der Waals surface area (Å²) in [4.78, 5) is 0. The van der Waals surface area contributed by atoms with E-state index in [-0.39, 0.29) is 39.3 Å². The van der Waals surface area contributed by atoms with Crippen LogP contribution in [0.3, 0.4) is 0 Å². The van der Waals surface area contributed by atoms with Crippen molar-refractivity contribution in [2.75, 3.05) is 0 Å². The maximum atomic E-state index is 2.31. The summed E-state index contributed by atoms with van der Waals surface area (Å²) in [6.07, 6.45) is 0. The van der Waals surface area contributed by atoms with E-state index in [9.17, 15) is 0 Å². The molecule has 0 N–H and O–H groups in total. The Labute approximate surface area is 145 Å². The third kappa shape index (κ3) is 6.28. The first-order chi connectivity index (χ1) is 8.16. The molecule has 2 aromatic carbocycles. The van der Waals surface area contributed by atoms with E-state index < -0.39 is 0 Å². The molecule has 0 saturated carbocycles. The topological polar surface area (TPSA) is 0 Å². The van der Waals surface area contributed by atoms with Crippen LogP contribution >= 0.6 is 19.8 Å². The van der Waals surface area contributed by atoms with Crippen molar-refractivity contribution in [3.63, 3.8) is 0 Å². The summed E-state index contributed by atoms with van der Waals surface area (Å²) in [7, 11) is 0.362. The van der Waals surface area contributed by atoms with Crippen molar-refractivity contribution in [1.29, 1.82) is 0 Å². The molecule has 2 rings (SSSR count). The summed E-state index contributed by atoms with van der Waals surface area (Å²) in [5, 5.41) is 1.53. The van der Waals surface area contributed by atoms with Gasteiger partial charge in [0.2, 0.25) is 0 Å². The average Bonchev–Trinajstić information content (AvgIpc) is 2.30. The van der Waals surface area contributed by atoms with E-state index in [2.05, 4.69) is 69.3 Å². The molecular formula is C16H27P2RhSi. The molecule has 0 fully saturated rings. The van der Waals surface area contributed by atoms with Crippen molar-refractivity contribution in [3.8, 4) is 11.1 Å². The fraction of sp³-hybridized carbons (Fsp3) is 0.250. The number of aryl methyl sites for hydroxylation is 1. The van der Waals surface area contributed by atoms with Crippen LogP contribution in [-0.2, 0) is 19.5 Å². The van der Waals surface area contributed by atoms with Crippen LogP contribution in [0.1, 0.15) is 19.4 Å². The molecule has 0 saturated heterocycles. The second kappa shape index (κ2) is 10.8. The maximum absolute atomic E-state index is 2.31. The zero-order valence-electron chi connectivity index (χ0n) is 12.6. The van der Waals surface area contributed by atoms with Crippen LogP contribution < -0.4 is 5.19 Å². The summed E-state index contributed by atoms with van der Waals surface area (Å²) < 4.78 is 0. The average molecular weight is 412 g/mol. The van der Waals surface area contributed by atoms with E-state index in [1.54, 1.807) is 0 Å². The summed E-state index contributed by atoms with van der Waals surface area (Å²) in [5.74, 6) is 0. The molecular weight excluding hydrogens is 385 g/mol. The Kier molecular flexibility index (Phi) is 12.1. The summed E-state index contributed by atoms with van der Waals surface area (Å²) in [6.45, 7) is 6.75. The SMILES string of the molecule is Cc1ccc(-c2ccccc2[SiH]C(C)C)cc1.P.P.[RhH2]. The van der Waals surface area contributed by atoms with Crippen molar-refractivity contribution in [3.05, 3.63) is 54.1 Å². The molecule has 0 bridgehead atoms. The molecule has 0 aliphatic heterocycles. The molecule has 4 heteroatoms. The second-order valence-electron chi connectivity index (χ2n) is 4.86. The molecule has 114 valence electrons. The zero-order valence-corrected chi connectivity index (χ0v) is 18.4. The molecule has 0 aliphatic rings. The number of hydrogen-bond donors (Lipinski definition) is 0. The van der Waals surface area contributed by atoms with Gasteiger partial charge in [-0.2, -0.15) is 19.8 Å². The van der Waals surface area contributed by atoms with Gasteiger partial charge < -0.3 is 0 Å². The Morgan fingerprint density at radius 1 is 0.850 bits per heavy atom. The van der Waals surface area contributed by atoms with Gasteiger partial charge in [-0.25, -0.2) is 0 Å². The third-order valence-corrected chi connectivity index (χ3v) is 4.37. The quantitative estimate of drug-likeness (QED) is 0.537. The number of hydrogen-bond acceptors (Lipinski definition) is 0. The van der Waals surface area contributed by atoms with Crippen molar-refractivity contribution in [2.45, 2.75) is 26.3 Å². The summed E-state index contributed by atoms with van der Waals surface area (Å²) >= 11 is 0. The van der Waals surface area contributed by atoms with Gasteiger partial charge in [-0.15, -0.1) is 0 Å². The van der Waals surface area contributed by atoms with Crippen LogP contribution in [0.5, 0.6) is 0 Å². The van der Waals surface area contributed by atoms with Gasteiger partial charge in [0, 0.05) is 0 Å². The fourth-order valence-corrected chi connectivity index (χ4v) is 3.38. The first kappa shape index (κ1) is 22.4. The zero-order chi connectivity index (χ0) is 12.3. The van der Waals surface area contributed by atoms with Crippen LogP contribution in [0.2, 0.25) is 5.54 Å². The van der Waals surface area contributed by atoms with E-state index in [0.717, 1.165) is 5.54 Å². The van der Waals surface area contributed by atoms with E-state index in [1.165, 1.54) is 21.9 Å². The van der Waals surface area contributed by atoms with Gasteiger partial charge in [-0.1, -0.05) is 78.7 Å². The molecule has 2 radical (unpaired) electrons. The van der Waals surface area contributed by atoms with Gasteiger partial charge >= 0.3 is 19.5 Å². The Morgan fingerprint density at radius 2 is 1.40 bits per heavy atom. The van der Waals surface area contributed by atoms with Crippen LogP contribution in [-0.4, -0.2) is 9.52 Å². The first-order valence-corrected chi connectivity index (χ1v) is 7.42. The van der Waals surface area contributed by atoms with Gasteiger partial charge in [-0.3, -0.25) is 0 Å². The molecule has 0 aliphatic carbocycles. The molecule has 0 amide bonds. The monoisotopic (exact) mass is 412 g/mol. The van der Waals surface area contributed by atoms with Gasteiger partial charge in [0.25, 0.3) is 0 Å². The van der Waals surface area contributed by atoms with Crippen molar-refractivity contribution >= 4 is 34.5 Å². The van der Waals surface area contributed by atoms with E-state index >= 15 is 0 Å². The molecule has 2 atom stereocenters.